The summed E-state index contributed by atoms with van der Waals surface area (Å²) in [6.07, 6.45) is 3.49. The lowest BCUT2D eigenvalue weighted by molar-refractivity contribution is -0.130. The second-order valence-corrected chi connectivity index (χ2v) is 6.02. The zero-order valence-corrected chi connectivity index (χ0v) is 14.1. The first-order valence-electron chi connectivity index (χ1n) is 7.09. The lowest BCUT2D eigenvalue weighted by atomic mass is 9.88. The summed E-state index contributed by atoms with van der Waals surface area (Å²) in [4.78, 5) is 22.6. The van der Waals surface area contributed by atoms with E-state index in [0.717, 1.165) is 17.5 Å². The number of rotatable bonds is 10. The van der Waals surface area contributed by atoms with Crippen LogP contribution < -0.4 is 0 Å². The first-order valence-corrected chi connectivity index (χ1v) is 7.84. The molecule has 0 N–H and O–H groups in total. The van der Waals surface area contributed by atoms with Crippen molar-refractivity contribution in [1.29, 1.82) is 0 Å². The first-order chi connectivity index (χ1) is 10.4. The Balaban J connectivity index is 2.26. The Hall–Kier alpha value is -1.16. The predicted octanol–water partition coefficient (Wildman–Crippen LogP) is 4.55. The summed E-state index contributed by atoms with van der Waals surface area (Å²) in [7, 11) is 0. The molecule has 0 atom stereocenters. The van der Waals surface area contributed by atoms with Crippen molar-refractivity contribution >= 4 is 39.8 Å². The summed E-state index contributed by atoms with van der Waals surface area (Å²) in [6.45, 7) is 6.25. The van der Waals surface area contributed by atoms with Crippen molar-refractivity contribution < 1.29 is 14.3 Å². The Morgan fingerprint density at radius 1 is 1.18 bits per heavy atom. The number of ether oxygens (including phenoxy) is 1. The number of carbonyl (C=O) groups excluding carboxylic acids is 2. The molecule has 0 spiro atoms. The molecule has 0 aliphatic heterocycles. The third-order valence-electron chi connectivity index (χ3n) is 3.57. The number of hydrogen-bond donors (Lipinski definition) is 0. The molecule has 0 fully saturated rings. The van der Waals surface area contributed by atoms with Gasteiger partial charge >= 0.3 is 0 Å². The van der Waals surface area contributed by atoms with Crippen molar-refractivity contribution in [3.05, 3.63) is 42.0 Å². The van der Waals surface area contributed by atoms with Gasteiger partial charge in [0.05, 0.1) is 6.61 Å². The highest BCUT2D eigenvalue weighted by molar-refractivity contribution is 6.74. The Kier molecular flexibility index (Phi) is 7.80. The zero-order valence-electron chi connectivity index (χ0n) is 12.6. The van der Waals surface area contributed by atoms with E-state index >= 15 is 0 Å². The van der Waals surface area contributed by atoms with Crippen LogP contribution in [0.3, 0.4) is 0 Å². The molecule has 0 aromatic heterocycles. The van der Waals surface area contributed by atoms with Gasteiger partial charge in [0.15, 0.2) is 0 Å². The summed E-state index contributed by atoms with van der Waals surface area (Å²) < 4.78 is 5.57. The van der Waals surface area contributed by atoms with Crippen molar-refractivity contribution in [3.63, 3.8) is 0 Å². The SMILES string of the molecule is C=Cc1ccc(COCCCCC(C)(C(=O)Cl)C(=O)Cl)cc1. The average Bonchev–Trinajstić information content (AvgIpc) is 2.50. The first kappa shape index (κ1) is 18.9. The number of unbranched alkanes of at least 4 members (excludes halogenated alkanes) is 1. The van der Waals surface area contributed by atoms with E-state index in [0.29, 0.717) is 26.1 Å². The van der Waals surface area contributed by atoms with Gasteiger partial charge in [-0.25, -0.2) is 0 Å². The van der Waals surface area contributed by atoms with E-state index < -0.39 is 15.9 Å². The molecule has 0 aliphatic carbocycles. The van der Waals surface area contributed by atoms with Gasteiger partial charge in [-0.1, -0.05) is 36.9 Å². The minimum absolute atomic E-state index is 0.328. The maximum absolute atomic E-state index is 11.3. The van der Waals surface area contributed by atoms with Crippen LogP contribution >= 0.6 is 23.2 Å². The molecule has 0 unspecified atom stereocenters. The maximum atomic E-state index is 11.3. The molecule has 1 aromatic rings. The van der Waals surface area contributed by atoms with Gasteiger partial charge in [-0.15, -0.1) is 0 Å². The lowest BCUT2D eigenvalue weighted by Crippen LogP contribution is -2.30. The second kappa shape index (κ2) is 9.09. The molecule has 0 bridgehead atoms. The monoisotopic (exact) mass is 342 g/mol. The van der Waals surface area contributed by atoms with Gasteiger partial charge < -0.3 is 4.74 Å². The molecule has 5 heteroatoms. The van der Waals surface area contributed by atoms with Crippen LogP contribution in [-0.2, 0) is 20.9 Å². The highest BCUT2D eigenvalue weighted by Crippen LogP contribution is 2.30. The summed E-state index contributed by atoms with van der Waals surface area (Å²) in [5.74, 6) is 0. The number of halogens is 2. The van der Waals surface area contributed by atoms with E-state index in [1.54, 1.807) is 6.08 Å². The zero-order chi connectivity index (χ0) is 16.6. The molecule has 1 aromatic carbocycles. The molecule has 0 radical (unpaired) electrons. The fraction of sp³-hybridized carbons (Fsp3) is 0.412. The van der Waals surface area contributed by atoms with Gasteiger partial charge in [0, 0.05) is 6.61 Å². The van der Waals surface area contributed by atoms with Gasteiger partial charge in [0.2, 0.25) is 10.5 Å². The van der Waals surface area contributed by atoms with Crippen molar-refractivity contribution in [2.75, 3.05) is 6.61 Å². The molecule has 22 heavy (non-hydrogen) atoms. The molecule has 1 rings (SSSR count). The van der Waals surface area contributed by atoms with E-state index in [1.165, 1.54) is 6.92 Å². The topological polar surface area (TPSA) is 43.4 Å². The highest BCUT2D eigenvalue weighted by atomic mass is 35.5. The van der Waals surface area contributed by atoms with E-state index in [4.69, 9.17) is 27.9 Å². The van der Waals surface area contributed by atoms with Crippen LogP contribution in [0.15, 0.2) is 30.8 Å². The van der Waals surface area contributed by atoms with Crippen LogP contribution in [0.2, 0.25) is 0 Å². The van der Waals surface area contributed by atoms with E-state index in [9.17, 15) is 9.59 Å². The Bertz CT molecular complexity index is 509. The van der Waals surface area contributed by atoms with Gasteiger partial charge in [-0.05, 0) is 60.5 Å². The number of hydrogen-bond acceptors (Lipinski definition) is 3. The van der Waals surface area contributed by atoms with E-state index in [2.05, 4.69) is 6.58 Å². The summed E-state index contributed by atoms with van der Waals surface area (Å²) in [6, 6.07) is 7.95. The maximum Gasteiger partial charge on any atom is 0.236 e. The fourth-order valence-corrected chi connectivity index (χ4v) is 2.31. The van der Waals surface area contributed by atoms with Crippen LogP contribution in [0.4, 0.5) is 0 Å². The van der Waals surface area contributed by atoms with Crippen molar-refractivity contribution in [1.82, 2.24) is 0 Å². The largest absolute Gasteiger partial charge is 0.377 e. The second-order valence-electron chi connectivity index (χ2n) is 5.33. The van der Waals surface area contributed by atoms with Crippen LogP contribution in [0.25, 0.3) is 6.08 Å². The molecule has 0 amide bonds. The predicted molar refractivity (Wildman–Crippen MR) is 89.9 cm³/mol. The average molecular weight is 343 g/mol. The van der Waals surface area contributed by atoms with Gasteiger partial charge in [-0.3, -0.25) is 9.59 Å². The molecule has 3 nitrogen and oxygen atoms in total. The van der Waals surface area contributed by atoms with Crippen LogP contribution in [-0.4, -0.2) is 17.1 Å². The Morgan fingerprint density at radius 2 is 1.77 bits per heavy atom. The summed E-state index contributed by atoms with van der Waals surface area (Å²) in [5, 5.41) is -1.42. The van der Waals surface area contributed by atoms with Crippen LogP contribution in [0.1, 0.15) is 37.3 Å². The molecule has 0 aliphatic rings. The smallest absolute Gasteiger partial charge is 0.236 e. The van der Waals surface area contributed by atoms with Gasteiger partial charge in [0.1, 0.15) is 5.41 Å². The third-order valence-corrected chi connectivity index (χ3v) is 4.40. The summed E-state index contributed by atoms with van der Waals surface area (Å²) >= 11 is 10.9. The highest BCUT2D eigenvalue weighted by Gasteiger charge is 2.38. The van der Waals surface area contributed by atoms with Crippen molar-refractivity contribution in [2.45, 2.75) is 32.8 Å². The van der Waals surface area contributed by atoms with Gasteiger partial charge in [0.25, 0.3) is 0 Å². The quantitative estimate of drug-likeness (QED) is 0.355. The minimum atomic E-state index is -1.30. The van der Waals surface area contributed by atoms with Crippen LogP contribution in [0.5, 0.6) is 0 Å². The normalized spacial score (nSPS) is 11.2. The van der Waals surface area contributed by atoms with E-state index in [-0.39, 0.29) is 0 Å². The molecular formula is C17H20Cl2O3. The molecular weight excluding hydrogens is 323 g/mol. The Morgan fingerprint density at radius 3 is 2.27 bits per heavy atom. The minimum Gasteiger partial charge on any atom is -0.377 e. The third kappa shape index (κ3) is 5.56. The van der Waals surface area contributed by atoms with Crippen molar-refractivity contribution in [3.8, 4) is 0 Å². The number of benzene rings is 1. The van der Waals surface area contributed by atoms with Gasteiger partial charge in [-0.2, -0.15) is 0 Å². The Labute approximate surface area is 141 Å². The number of carbonyl (C=O) groups is 2. The van der Waals surface area contributed by atoms with Crippen LogP contribution in [0, 0.1) is 5.41 Å². The standard InChI is InChI=1S/C17H20Cl2O3/c1-3-13-6-8-14(9-7-13)12-22-11-5-4-10-17(2,15(18)20)16(19)21/h3,6-9H,1,4-5,10-12H2,2H3. The fourth-order valence-electron chi connectivity index (χ4n) is 1.90. The van der Waals surface area contributed by atoms with Crippen molar-refractivity contribution in [2.24, 2.45) is 5.41 Å². The molecule has 0 saturated heterocycles. The summed E-state index contributed by atoms with van der Waals surface area (Å²) in [5.41, 5.74) is 0.853. The molecule has 0 saturated carbocycles. The molecule has 0 heterocycles. The van der Waals surface area contributed by atoms with E-state index in [1.807, 2.05) is 24.3 Å². The lowest BCUT2D eigenvalue weighted by Gasteiger charge is -2.20. The molecule has 120 valence electrons.